The number of nitrogens with zero attached hydrogens (tertiary/aromatic N) is 2. The molecular formula is C20H18ClF3N4O2. The van der Waals surface area contributed by atoms with Crippen molar-refractivity contribution in [2.75, 3.05) is 18.4 Å². The fourth-order valence-electron chi connectivity index (χ4n) is 3.07. The first kappa shape index (κ1) is 21.6. The fraction of sp³-hybridized carbons (Fsp3) is 0.250. The van der Waals surface area contributed by atoms with Crippen molar-refractivity contribution in [2.45, 2.75) is 19.1 Å². The van der Waals surface area contributed by atoms with Crippen LogP contribution in [0.25, 0.3) is 5.70 Å². The summed E-state index contributed by atoms with van der Waals surface area (Å²) in [5.74, 6) is -0.617. The number of alkyl halides is 3. The van der Waals surface area contributed by atoms with Gasteiger partial charge >= 0.3 is 6.18 Å². The molecule has 0 radical (unpaired) electrons. The second kappa shape index (κ2) is 8.35. The van der Waals surface area contributed by atoms with Crippen molar-refractivity contribution >= 4 is 34.9 Å². The molecule has 2 aromatic rings. The minimum Gasteiger partial charge on any atom is -0.367 e. The van der Waals surface area contributed by atoms with E-state index in [1.807, 2.05) is 0 Å². The molecule has 2 amide bonds. The van der Waals surface area contributed by atoms with Gasteiger partial charge in [0.05, 0.1) is 10.6 Å². The number of rotatable bonds is 6. The first-order valence-corrected chi connectivity index (χ1v) is 9.35. The van der Waals surface area contributed by atoms with E-state index < -0.39 is 23.7 Å². The number of benzene rings is 1. The van der Waals surface area contributed by atoms with E-state index in [1.54, 1.807) is 31.2 Å². The number of carbonyl (C=O) groups is 2. The molecule has 1 aliphatic heterocycles. The Hall–Kier alpha value is -3.07. The van der Waals surface area contributed by atoms with Crippen LogP contribution in [0.3, 0.4) is 0 Å². The Labute approximate surface area is 175 Å². The third-order valence-corrected chi connectivity index (χ3v) is 4.92. The lowest BCUT2D eigenvalue weighted by molar-refractivity contribution is -0.137. The van der Waals surface area contributed by atoms with Gasteiger partial charge in [0.1, 0.15) is 11.9 Å². The van der Waals surface area contributed by atoms with Gasteiger partial charge in [-0.2, -0.15) is 13.2 Å². The average Bonchev–Trinajstić information content (AvgIpc) is 2.95. The monoisotopic (exact) mass is 438 g/mol. The quantitative estimate of drug-likeness (QED) is 0.673. The second-order valence-corrected chi connectivity index (χ2v) is 7.02. The van der Waals surface area contributed by atoms with Gasteiger partial charge in [-0.15, -0.1) is 0 Å². The molecule has 6 nitrogen and oxygen atoms in total. The number of fused-ring (bicyclic) bond motifs is 1. The average molecular weight is 439 g/mol. The van der Waals surface area contributed by atoms with Gasteiger partial charge in [0.15, 0.2) is 0 Å². The molecule has 0 saturated heterocycles. The molecule has 2 N–H and O–H groups in total. The molecule has 1 aliphatic rings. The van der Waals surface area contributed by atoms with Crippen LogP contribution in [0.2, 0.25) is 5.02 Å². The number of hydrogen-bond acceptors (Lipinski definition) is 4. The van der Waals surface area contributed by atoms with Crippen LogP contribution < -0.4 is 10.6 Å². The van der Waals surface area contributed by atoms with Crippen LogP contribution in [0.15, 0.2) is 43.1 Å². The van der Waals surface area contributed by atoms with Crippen LogP contribution in [0, 0.1) is 0 Å². The fourth-order valence-corrected chi connectivity index (χ4v) is 3.30. The number of amides is 2. The zero-order valence-corrected chi connectivity index (χ0v) is 16.6. The normalized spacial score (nSPS) is 14.5. The zero-order valence-electron chi connectivity index (χ0n) is 15.9. The van der Waals surface area contributed by atoms with Gasteiger partial charge in [-0.25, -0.2) is 4.98 Å². The lowest BCUT2D eigenvalue weighted by Gasteiger charge is -2.24. The predicted octanol–water partition coefficient (Wildman–Crippen LogP) is 3.80. The number of halogens is 4. The van der Waals surface area contributed by atoms with E-state index in [0.717, 1.165) is 6.07 Å². The number of pyridine rings is 1. The first-order chi connectivity index (χ1) is 14.1. The summed E-state index contributed by atoms with van der Waals surface area (Å²) in [4.78, 5) is 30.0. The molecule has 10 heteroatoms. The van der Waals surface area contributed by atoms with Gasteiger partial charge in [0.2, 0.25) is 5.91 Å². The van der Waals surface area contributed by atoms with Crippen molar-refractivity contribution in [3.63, 3.8) is 0 Å². The molecule has 0 aliphatic carbocycles. The van der Waals surface area contributed by atoms with E-state index in [4.69, 9.17) is 11.6 Å². The van der Waals surface area contributed by atoms with Gasteiger partial charge in [-0.3, -0.25) is 14.5 Å². The van der Waals surface area contributed by atoms with Gasteiger partial charge in [-0.1, -0.05) is 36.4 Å². The van der Waals surface area contributed by atoms with Crippen molar-refractivity contribution in [2.24, 2.45) is 0 Å². The highest BCUT2D eigenvalue weighted by Crippen LogP contribution is 2.33. The van der Waals surface area contributed by atoms with Gasteiger partial charge in [-0.05, 0) is 19.1 Å². The Kier molecular flexibility index (Phi) is 6.02. The Morgan fingerprint density at radius 1 is 1.27 bits per heavy atom. The number of carbonyl (C=O) groups excluding carboxylic acids is 2. The third-order valence-electron chi connectivity index (χ3n) is 4.63. The topological polar surface area (TPSA) is 74.3 Å². The largest absolute Gasteiger partial charge is 0.417 e. The van der Waals surface area contributed by atoms with E-state index in [9.17, 15) is 22.8 Å². The molecule has 0 fully saturated rings. The summed E-state index contributed by atoms with van der Waals surface area (Å²) in [6.07, 6.45) is -3.85. The molecule has 30 heavy (non-hydrogen) atoms. The van der Waals surface area contributed by atoms with Crippen molar-refractivity contribution in [3.8, 4) is 0 Å². The summed E-state index contributed by atoms with van der Waals surface area (Å²) in [6, 6.07) is 6.97. The molecule has 158 valence electrons. The second-order valence-electron chi connectivity index (χ2n) is 6.61. The van der Waals surface area contributed by atoms with Crippen LogP contribution in [0.4, 0.5) is 19.0 Å². The SMILES string of the molecule is C=C1c2ccccc2C(=O)N1C(C)C(=O)NCCNc1ncc(C(F)(F)F)cc1Cl. The third kappa shape index (κ3) is 4.25. The van der Waals surface area contributed by atoms with Crippen LogP contribution in [0.5, 0.6) is 0 Å². The molecule has 0 saturated carbocycles. The van der Waals surface area contributed by atoms with Crippen LogP contribution in [-0.2, 0) is 11.0 Å². The molecule has 1 atom stereocenters. The van der Waals surface area contributed by atoms with E-state index in [2.05, 4.69) is 22.2 Å². The molecule has 1 unspecified atom stereocenters. The smallest absolute Gasteiger partial charge is 0.367 e. The summed E-state index contributed by atoms with van der Waals surface area (Å²) in [5, 5.41) is 5.25. The lowest BCUT2D eigenvalue weighted by Crippen LogP contribution is -2.45. The van der Waals surface area contributed by atoms with E-state index in [1.165, 1.54) is 4.90 Å². The van der Waals surface area contributed by atoms with Crippen molar-refractivity contribution in [1.82, 2.24) is 15.2 Å². The molecule has 1 aromatic carbocycles. The van der Waals surface area contributed by atoms with Crippen molar-refractivity contribution in [1.29, 1.82) is 0 Å². The summed E-state index contributed by atoms with van der Waals surface area (Å²) < 4.78 is 37.9. The molecule has 0 spiro atoms. The highest BCUT2D eigenvalue weighted by molar-refractivity contribution is 6.33. The number of hydrogen-bond donors (Lipinski definition) is 2. The van der Waals surface area contributed by atoms with Crippen LogP contribution >= 0.6 is 11.6 Å². The van der Waals surface area contributed by atoms with Gasteiger partial charge in [0.25, 0.3) is 5.91 Å². The highest BCUT2D eigenvalue weighted by atomic mass is 35.5. The van der Waals surface area contributed by atoms with E-state index in [0.29, 0.717) is 23.0 Å². The van der Waals surface area contributed by atoms with E-state index in [-0.39, 0.29) is 29.8 Å². The Bertz CT molecular complexity index is 975. The van der Waals surface area contributed by atoms with Crippen LogP contribution in [-0.4, -0.2) is 40.8 Å². The van der Waals surface area contributed by atoms with Gasteiger partial charge in [0, 0.05) is 36.1 Å². The minimum atomic E-state index is -4.53. The van der Waals surface area contributed by atoms with Gasteiger partial charge < -0.3 is 10.6 Å². The predicted molar refractivity (Wildman–Crippen MR) is 107 cm³/mol. The molecule has 3 rings (SSSR count). The maximum atomic E-state index is 12.6. The summed E-state index contributed by atoms with van der Waals surface area (Å²) in [6.45, 7) is 5.81. The summed E-state index contributed by atoms with van der Waals surface area (Å²) >= 11 is 5.82. The number of aromatic nitrogens is 1. The lowest BCUT2D eigenvalue weighted by atomic mass is 10.1. The van der Waals surface area contributed by atoms with Crippen molar-refractivity contribution in [3.05, 3.63) is 64.8 Å². The van der Waals surface area contributed by atoms with E-state index >= 15 is 0 Å². The summed E-state index contributed by atoms with van der Waals surface area (Å²) in [5.41, 5.74) is 0.687. The minimum absolute atomic E-state index is 0.0745. The standard InChI is InChI=1S/C20H18ClF3N4O2/c1-11-14-5-3-4-6-15(14)19(30)28(11)12(2)18(29)26-8-7-25-17-16(21)9-13(10-27-17)20(22,23)24/h3-6,9-10,12H,1,7-8H2,2H3,(H,25,27)(H,26,29). The number of nitrogens with one attached hydrogen (secondary N) is 2. The van der Waals surface area contributed by atoms with Crippen molar-refractivity contribution < 1.29 is 22.8 Å². The Morgan fingerprint density at radius 3 is 2.53 bits per heavy atom. The first-order valence-electron chi connectivity index (χ1n) is 8.97. The highest BCUT2D eigenvalue weighted by Gasteiger charge is 2.36. The molecule has 2 heterocycles. The zero-order chi connectivity index (χ0) is 22.1. The maximum absolute atomic E-state index is 12.6. The maximum Gasteiger partial charge on any atom is 0.417 e. The van der Waals surface area contributed by atoms with Crippen LogP contribution in [0.1, 0.15) is 28.4 Å². The molecule has 1 aromatic heterocycles. The number of anilines is 1. The Balaban J connectivity index is 1.53. The Morgan fingerprint density at radius 2 is 1.93 bits per heavy atom. The summed E-state index contributed by atoms with van der Waals surface area (Å²) in [7, 11) is 0. The molecular weight excluding hydrogens is 421 g/mol. The molecule has 0 bridgehead atoms.